The number of amides is 2. The number of nitrogens with zero attached hydrogens (tertiary/aromatic N) is 1. The number of nitrogens with one attached hydrogen (secondary N) is 1. The molecule has 0 aromatic heterocycles. The van der Waals surface area contributed by atoms with E-state index in [1.807, 2.05) is 6.92 Å². The summed E-state index contributed by atoms with van der Waals surface area (Å²) in [5.74, 6) is -0.504. The van der Waals surface area contributed by atoms with E-state index in [0.717, 1.165) is 12.0 Å². The van der Waals surface area contributed by atoms with Crippen molar-refractivity contribution >= 4 is 58.2 Å². The third-order valence-electron chi connectivity index (χ3n) is 4.44. The third-order valence-corrected chi connectivity index (χ3v) is 5.89. The van der Waals surface area contributed by atoms with Gasteiger partial charge in [-0.15, -0.1) is 0 Å². The van der Waals surface area contributed by atoms with Gasteiger partial charge in [0.1, 0.15) is 6.04 Å². The molecule has 1 atom stereocenters. The van der Waals surface area contributed by atoms with E-state index < -0.39 is 6.04 Å². The summed E-state index contributed by atoms with van der Waals surface area (Å²) >= 11 is 24.5. The Morgan fingerprint density at radius 3 is 2.24 bits per heavy atom. The number of carbonyl (C=O) groups is 2. The summed E-state index contributed by atoms with van der Waals surface area (Å²) in [6.07, 6.45) is 0.777. The predicted octanol–water partition coefficient (Wildman–Crippen LogP) is 5.79. The fourth-order valence-electron chi connectivity index (χ4n) is 2.77. The van der Waals surface area contributed by atoms with Crippen molar-refractivity contribution in [2.24, 2.45) is 0 Å². The number of rotatable bonds is 8. The second-order valence-electron chi connectivity index (χ2n) is 6.61. The molecule has 2 rings (SSSR count). The van der Waals surface area contributed by atoms with Crippen molar-refractivity contribution in [2.45, 2.75) is 39.3 Å². The van der Waals surface area contributed by atoms with E-state index in [1.54, 1.807) is 43.3 Å². The van der Waals surface area contributed by atoms with Crippen LogP contribution < -0.4 is 5.32 Å². The molecule has 0 aliphatic carbocycles. The first-order valence-corrected chi connectivity index (χ1v) is 10.7. The molecule has 0 radical (unpaired) electrons. The number of carbonyl (C=O) groups excluding carboxylic acids is 2. The van der Waals surface area contributed by atoms with Crippen LogP contribution in [0.2, 0.25) is 20.1 Å². The first-order chi connectivity index (χ1) is 13.7. The van der Waals surface area contributed by atoms with Crippen LogP contribution in [-0.2, 0) is 22.6 Å². The summed E-state index contributed by atoms with van der Waals surface area (Å²) < 4.78 is 0. The zero-order valence-electron chi connectivity index (χ0n) is 16.1. The van der Waals surface area contributed by atoms with Gasteiger partial charge in [0.05, 0.1) is 16.5 Å². The van der Waals surface area contributed by atoms with Gasteiger partial charge in [0, 0.05) is 23.1 Å². The van der Waals surface area contributed by atoms with Gasteiger partial charge < -0.3 is 10.2 Å². The molecule has 2 aromatic carbocycles. The first-order valence-electron chi connectivity index (χ1n) is 9.18. The standard InChI is InChI=1S/C21H22Cl4N2O2/c1-3-9-26-21(29)13(2)27(12-14-7-8-18(24)19(25)10-14)20(28)11-15-16(22)5-4-6-17(15)23/h4-8,10,13H,3,9,11-12H2,1-2H3,(H,26,29)/t13-/m1/s1. The normalized spacial score (nSPS) is 11.8. The van der Waals surface area contributed by atoms with Crippen LogP contribution in [0.25, 0.3) is 0 Å². The predicted molar refractivity (Wildman–Crippen MR) is 120 cm³/mol. The van der Waals surface area contributed by atoms with E-state index in [-0.39, 0.29) is 24.8 Å². The topological polar surface area (TPSA) is 49.4 Å². The van der Waals surface area contributed by atoms with Crippen LogP contribution in [0.5, 0.6) is 0 Å². The zero-order valence-corrected chi connectivity index (χ0v) is 19.2. The third kappa shape index (κ3) is 6.51. The highest BCUT2D eigenvalue weighted by Crippen LogP contribution is 2.27. The van der Waals surface area contributed by atoms with Gasteiger partial charge in [-0.1, -0.05) is 65.5 Å². The lowest BCUT2D eigenvalue weighted by molar-refractivity contribution is -0.140. The Labute approximate surface area is 191 Å². The molecule has 2 aromatic rings. The summed E-state index contributed by atoms with van der Waals surface area (Å²) in [4.78, 5) is 27.2. The van der Waals surface area contributed by atoms with E-state index >= 15 is 0 Å². The summed E-state index contributed by atoms with van der Waals surface area (Å²) in [5.41, 5.74) is 1.29. The summed E-state index contributed by atoms with van der Waals surface area (Å²) in [6, 6.07) is 9.50. The second-order valence-corrected chi connectivity index (χ2v) is 8.24. The van der Waals surface area contributed by atoms with Crippen LogP contribution in [-0.4, -0.2) is 29.3 Å². The van der Waals surface area contributed by atoms with E-state index in [1.165, 1.54) is 4.90 Å². The molecule has 0 aliphatic rings. The van der Waals surface area contributed by atoms with Crippen molar-refractivity contribution in [1.82, 2.24) is 10.2 Å². The lowest BCUT2D eigenvalue weighted by atomic mass is 10.1. The van der Waals surface area contributed by atoms with Crippen molar-refractivity contribution in [3.05, 3.63) is 67.6 Å². The lowest BCUT2D eigenvalue weighted by Gasteiger charge is -2.29. The Kier molecular flexibility index (Phi) is 9.09. The van der Waals surface area contributed by atoms with Crippen LogP contribution in [0.3, 0.4) is 0 Å². The smallest absolute Gasteiger partial charge is 0.242 e. The van der Waals surface area contributed by atoms with Gasteiger partial charge in [-0.05, 0) is 48.7 Å². The van der Waals surface area contributed by atoms with E-state index in [9.17, 15) is 9.59 Å². The number of hydrogen-bond donors (Lipinski definition) is 1. The fourth-order valence-corrected chi connectivity index (χ4v) is 3.62. The molecule has 156 valence electrons. The maximum atomic E-state index is 13.2. The SMILES string of the molecule is CCCNC(=O)[C@@H](C)N(Cc1ccc(Cl)c(Cl)c1)C(=O)Cc1c(Cl)cccc1Cl. The average molecular weight is 476 g/mol. The maximum Gasteiger partial charge on any atom is 0.242 e. The van der Waals surface area contributed by atoms with Crippen molar-refractivity contribution in [2.75, 3.05) is 6.54 Å². The van der Waals surface area contributed by atoms with Crippen LogP contribution in [0.1, 0.15) is 31.4 Å². The molecule has 8 heteroatoms. The van der Waals surface area contributed by atoms with E-state index in [2.05, 4.69) is 5.32 Å². The maximum absolute atomic E-state index is 13.2. The van der Waals surface area contributed by atoms with E-state index in [4.69, 9.17) is 46.4 Å². The monoisotopic (exact) mass is 474 g/mol. The Hall–Kier alpha value is -1.46. The highest BCUT2D eigenvalue weighted by atomic mass is 35.5. The first kappa shape index (κ1) is 23.8. The Bertz CT molecular complexity index is 869. The zero-order chi connectivity index (χ0) is 21.6. The minimum atomic E-state index is -0.690. The number of hydrogen-bond acceptors (Lipinski definition) is 2. The Morgan fingerprint density at radius 1 is 1.00 bits per heavy atom. The van der Waals surface area contributed by atoms with Gasteiger partial charge in [0.25, 0.3) is 0 Å². The molecular formula is C21H22Cl4N2O2. The van der Waals surface area contributed by atoms with Gasteiger partial charge in [-0.2, -0.15) is 0 Å². The Balaban J connectivity index is 2.30. The molecule has 0 heterocycles. The largest absolute Gasteiger partial charge is 0.354 e. The molecular weight excluding hydrogens is 454 g/mol. The number of halogens is 4. The van der Waals surface area contributed by atoms with Gasteiger partial charge in [-0.3, -0.25) is 9.59 Å². The van der Waals surface area contributed by atoms with Gasteiger partial charge in [0.15, 0.2) is 0 Å². The fraction of sp³-hybridized carbons (Fsp3) is 0.333. The van der Waals surface area contributed by atoms with Crippen molar-refractivity contribution in [3.63, 3.8) is 0 Å². The minimum absolute atomic E-state index is 0.0226. The minimum Gasteiger partial charge on any atom is -0.354 e. The molecule has 29 heavy (non-hydrogen) atoms. The molecule has 2 amide bonds. The van der Waals surface area contributed by atoms with Crippen LogP contribution in [0.4, 0.5) is 0 Å². The Morgan fingerprint density at radius 2 is 1.66 bits per heavy atom. The highest BCUT2D eigenvalue weighted by Gasteiger charge is 2.27. The van der Waals surface area contributed by atoms with Crippen molar-refractivity contribution < 1.29 is 9.59 Å². The highest BCUT2D eigenvalue weighted by molar-refractivity contribution is 6.42. The summed E-state index contributed by atoms with van der Waals surface area (Å²) in [5, 5.41) is 4.44. The second kappa shape index (κ2) is 11.1. The quantitative estimate of drug-likeness (QED) is 0.525. The average Bonchev–Trinajstić information content (AvgIpc) is 2.69. The number of benzene rings is 2. The van der Waals surface area contributed by atoms with Crippen LogP contribution >= 0.6 is 46.4 Å². The van der Waals surface area contributed by atoms with Crippen molar-refractivity contribution in [3.8, 4) is 0 Å². The molecule has 0 aliphatic heterocycles. The van der Waals surface area contributed by atoms with Gasteiger partial charge in [-0.25, -0.2) is 0 Å². The summed E-state index contributed by atoms with van der Waals surface area (Å²) in [6.45, 7) is 4.38. The van der Waals surface area contributed by atoms with Gasteiger partial charge in [0.2, 0.25) is 11.8 Å². The summed E-state index contributed by atoms with van der Waals surface area (Å²) in [7, 11) is 0. The van der Waals surface area contributed by atoms with Crippen molar-refractivity contribution in [1.29, 1.82) is 0 Å². The molecule has 0 fully saturated rings. The molecule has 1 N–H and O–H groups in total. The van der Waals surface area contributed by atoms with Crippen LogP contribution in [0.15, 0.2) is 36.4 Å². The molecule has 0 bridgehead atoms. The van der Waals surface area contributed by atoms with Crippen LogP contribution in [0, 0.1) is 0 Å². The van der Waals surface area contributed by atoms with Gasteiger partial charge >= 0.3 is 0 Å². The molecule has 0 spiro atoms. The molecule has 4 nitrogen and oxygen atoms in total. The molecule has 0 unspecified atom stereocenters. The van der Waals surface area contributed by atoms with E-state index in [0.29, 0.717) is 32.2 Å². The lowest BCUT2D eigenvalue weighted by Crippen LogP contribution is -2.48. The molecule has 0 saturated heterocycles. The molecule has 0 saturated carbocycles.